The van der Waals surface area contributed by atoms with E-state index in [2.05, 4.69) is 0 Å². The number of benzene rings is 1. The summed E-state index contributed by atoms with van der Waals surface area (Å²) >= 11 is 0. The Morgan fingerprint density at radius 1 is 1.26 bits per heavy atom. The zero-order valence-corrected chi connectivity index (χ0v) is 12.3. The highest BCUT2D eigenvalue weighted by molar-refractivity contribution is 5.75. The van der Waals surface area contributed by atoms with Crippen molar-refractivity contribution in [2.45, 2.75) is 25.7 Å². The van der Waals surface area contributed by atoms with Crippen LogP contribution in [0.1, 0.15) is 31.2 Å². The Kier molecular flexibility index (Phi) is 5.43. The first-order chi connectivity index (χ1) is 11.0. The molecule has 0 aromatic heterocycles. The van der Waals surface area contributed by atoms with Crippen molar-refractivity contribution in [1.29, 1.82) is 10.5 Å². The SMILES string of the molecule is N#CC(F)=CC1CCC(C(=O)Oc2ccc(C#N)c(F)c2)CC1. The summed E-state index contributed by atoms with van der Waals surface area (Å²) in [5, 5.41) is 17.1. The molecular formula is C17H14F2N2O2. The van der Waals surface area contributed by atoms with Gasteiger partial charge in [0.2, 0.25) is 0 Å². The first-order valence-electron chi connectivity index (χ1n) is 7.22. The summed E-state index contributed by atoms with van der Waals surface area (Å²) in [5.41, 5.74) is -0.114. The molecule has 1 fully saturated rings. The van der Waals surface area contributed by atoms with Gasteiger partial charge in [0.25, 0.3) is 0 Å². The molecular weight excluding hydrogens is 302 g/mol. The van der Waals surface area contributed by atoms with Crippen LogP contribution < -0.4 is 4.74 Å². The van der Waals surface area contributed by atoms with Crippen molar-refractivity contribution in [3.05, 3.63) is 41.5 Å². The minimum atomic E-state index is -0.802. The van der Waals surface area contributed by atoms with Gasteiger partial charge in [0.15, 0.2) is 5.83 Å². The van der Waals surface area contributed by atoms with Gasteiger partial charge in [-0.25, -0.2) is 4.39 Å². The smallest absolute Gasteiger partial charge is 0.314 e. The summed E-state index contributed by atoms with van der Waals surface area (Å²) in [6.45, 7) is 0. The minimum Gasteiger partial charge on any atom is -0.426 e. The van der Waals surface area contributed by atoms with E-state index in [1.54, 1.807) is 6.07 Å². The molecule has 4 nitrogen and oxygen atoms in total. The molecule has 23 heavy (non-hydrogen) atoms. The van der Waals surface area contributed by atoms with Crippen LogP contribution in [0.4, 0.5) is 8.78 Å². The molecule has 0 unspecified atom stereocenters. The Balaban J connectivity index is 1.92. The number of nitriles is 2. The molecule has 1 aliphatic carbocycles. The van der Waals surface area contributed by atoms with E-state index in [-0.39, 0.29) is 23.1 Å². The maximum atomic E-state index is 13.5. The van der Waals surface area contributed by atoms with E-state index >= 15 is 0 Å². The lowest BCUT2D eigenvalue weighted by atomic mass is 9.82. The molecule has 0 amide bonds. The van der Waals surface area contributed by atoms with Gasteiger partial charge in [0.05, 0.1) is 11.5 Å². The number of rotatable bonds is 3. The molecule has 118 valence electrons. The fourth-order valence-corrected chi connectivity index (χ4v) is 2.62. The third kappa shape index (κ3) is 4.37. The second kappa shape index (κ2) is 7.51. The quantitative estimate of drug-likeness (QED) is 0.483. The third-order valence-corrected chi connectivity index (χ3v) is 3.87. The van der Waals surface area contributed by atoms with Gasteiger partial charge < -0.3 is 4.74 Å². The van der Waals surface area contributed by atoms with E-state index in [0.717, 1.165) is 6.07 Å². The van der Waals surface area contributed by atoms with Crippen molar-refractivity contribution in [3.63, 3.8) is 0 Å². The van der Waals surface area contributed by atoms with E-state index in [4.69, 9.17) is 15.3 Å². The summed E-state index contributed by atoms with van der Waals surface area (Å²) in [6.07, 6.45) is 3.53. The first-order valence-corrected chi connectivity index (χ1v) is 7.22. The topological polar surface area (TPSA) is 73.9 Å². The second-order valence-electron chi connectivity index (χ2n) is 5.41. The second-order valence-corrected chi connectivity index (χ2v) is 5.41. The van der Waals surface area contributed by atoms with Crippen LogP contribution in [0.25, 0.3) is 0 Å². The summed E-state index contributed by atoms with van der Waals surface area (Å²) in [4.78, 5) is 12.1. The van der Waals surface area contributed by atoms with Gasteiger partial charge in [-0.3, -0.25) is 4.79 Å². The highest BCUT2D eigenvalue weighted by atomic mass is 19.1. The maximum Gasteiger partial charge on any atom is 0.314 e. The van der Waals surface area contributed by atoms with Gasteiger partial charge in [-0.15, -0.1) is 0 Å². The molecule has 6 heteroatoms. The predicted octanol–water partition coefficient (Wildman–Crippen LogP) is 3.79. The highest BCUT2D eigenvalue weighted by Crippen LogP contribution is 2.31. The van der Waals surface area contributed by atoms with Gasteiger partial charge >= 0.3 is 5.97 Å². The van der Waals surface area contributed by atoms with Crippen LogP contribution in [0.5, 0.6) is 5.75 Å². The molecule has 1 aromatic rings. The number of allylic oxidation sites excluding steroid dienone is 2. The van der Waals surface area contributed by atoms with Crippen molar-refractivity contribution < 1.29 is 18.3 Å². The summed E-state index contributed by atoms with van der Waals surface area (Å²) < 4.78 is 31.5. The van der Waals surface area contributed by atoms with E-state index in [1.807, 2.05) is 0 Å². The normalized spacial score (nSPS) is 21.1. The largest absolute Gasteiger partial charge is 0.426 e. The van der Waals surface area contributed by atoms with Crippen LogP contribution >= 0.6 is 0 Å². The molecule has 0 saturated heterocycles. The summed E-state index contributed by atoms with van der Waals surface area (Å²) in [6, 6.07) is 6.76. The van der Waals surface area contributed by atoms with Crippen LogP contribution in [0.15, 0.2) is 30.1 Å². The Morgan fingerprint density at radius 3 is 2.52 bits per heavy atom. The summed E-state index contributed by atoms with van der Waals surface area (Å²) in [7, 11) is 0. The average Bonchev–Trinajstić information content (AvgIpc) is 2.55. The Bertz CT molecular complexity index is 708. The van der Waals surface area contributed by atoms with Crippen molar-refractivity contribution in [2.75, 3.05) is 0 Å². The molecule has 0 radical (unpaired) electrons. The molecule has 0 heterocycles. The Morgan fingerprint density at radius 2 is 1.96 bits per heavy atom. The molecule has 0 aliphatic heterocycles. The number of carbonyl (C=O) groups is 1. The van der Waals surface area contributed by atoms with Crippen molar-refractivity contribution in [3.8, 4) is 17.9 Å². The number of carbonyl (C=O) groups excluding carboxylic acids is 1. The standard InChI is InChI=1S/C17H14F2N2O2/c18-14(10-21)7-11-1-3-12(4-2-11)17(22)23-15-6-5-13(9-20)16(19)8-15/h5-8,11-12H,1-4H2. The Labute approximate surface area is 132 Å². The van der Waals surface area contributed by atoms with E-state index < -0.39 is 17.6 Å². The highest BCUT2D eigenvalue weighted by Gasteiger charge is 2.27. The van der Waals surface area contributed by atoms with Crippen molar-refractivity contribution in [2.24, 2.45) is 11.8 Å². The molecule has 1 aromatic carbocycles. The lowest BCUT2D eigenvalue weighted by Gasteiger charge is -2.25. The number of nitrogens with zero attached hydrogens (tertiary/aromatic N) is 2. The predicted molar refractivity (Wildman–Crippen MR) is 77.0 cm³/mol. The fourth-order valence-electron chi connectivity index (χ4n) is 2.62. The molecule has 2 rings (SSSR count). The van der Waals surface area contributed by atoms with Gasteiger partial charge in [0, 0.05) is 6.07 Å². The minimum absolute atomic E-state index is 0.0499. The number of hydrogen-bond donors (Lipinski definition) is 0. The fraction of sp³-hybridized carbons (Fsp3) is 0.353. The van der Waals surface area contributed by atoms with Crippen molar-refractivity contribution in [1.82, 2.24) is 0 Å². The molecule has 0 N–H and O–H groups in total. The van der Waals surface area contributed by atoms with Crippen LogP contribution in [0.3, 0.4) is 0 Å². The zero-order valence-electron chi connectivity index (χ0n) is 12.3. The van der Waals surface area contributed by atoms with E-state index in [9.17, 15) is 13.6 Å². The van der Waals surface area contributed by atoms with Crippen molar-refractivity contribution >= 4 is 5.97 Å². The molecule has 0 bridgehead atoms. The van der Waals surface area contributed by atoms with E-state index in [1.165, 1.54) is 24.3 Å². The maximum absolute atomic E-state index is 13.5. The number of esters is 1. The summed E-state index contributed by atoms with van der Waals surface area (Å²) in [5.74, 6) is -2.32. The van der Waals surface area contributed by atoms with Crippen LogP contribution in [-0.4, -0.2) is 5.97 Å². The molecule has 1 saturated carbocycles. The molecule has 0 atom stereocenters. The zero-order chi connectivity index (χ0) is 16.8. The number of hydrogen-bond acceptors (Lipinski definition) is 4. The van der Waals surface area contributed by atoms with Gasteiger partial charge in [-0.1, -0.05) is 0 Å². The molecule has 1 aliphatic rings. The van der Waals surface area contributed by atoms with Crippen LogP contribution in [0.2, 0.25) is 0 Å². The Hall–Kier alpha value is -2.73. The van der Waals surface area contributed by atoms with Gasteiger partial charge in [0.1, 0.15) is 23.7 Å². The van der Waals surface area contributed by atoms with Crippen LogP contribution in [-0.2, 0) is 4.79 Å². The van der Waals surface area contributed by atoms with Gasteiger partial charge in [-0.05, 0) is 49.8 Å². The van der Waals surface area contributed by atoms with Crippen LogP contribution in [0, 0.1) is 40.3 Å². The number of halogens is 2. The first kappa shape index (κ1) is 16.6. The lowest BCUT2D eigenvalue weighted by Crippen LogP contribution is -2.25. The molecule has 0 spiro atoms. The number of ether oxygens (including phenoxy) is 1. The third-order valence-electron chi connectivity index (χ3n) is 3.87. The van der Waals surface area contributed by atoms with E-state index in [0.29, 0.717) is 25.7 Å². The lowest BCUT2D eigenvalue weighted by molar-refractivity contribution is -0.140. The van der Waals surface area contributed by atoms with Gasteiger partial charge in [-0.2, -0.15) is 14.9 Å². The monoisotopic (exact) mass is 316 g/mol. The average molecular weight is 316 g/mol.